The Morgan fingerprint density at radius 3 is 2.55 bits per heavy atom. The van der Waals surface area contributed by atoms with Crippen LogP contribution in [0.5, 0.6) is 5.75 Å². The van der Waals surface area contributed by atoms with Crippen molar-refractivity contribution in [3.05, 3.63) is 60.3 Å². The van der Waals surface area contributed by atoms with Gasteiger partial charge < -0.3 is 4.74 Å². The van der Waals surface area contributed by atoms with Gasteiger partial charge in [-0.3, -0.25) is 9.78 Å². The lowest BCUT2D eigenvalue weighted by atomic mass is 9.99. The van der Waals surface area contributed by atoms with Crippen molar-refractivity contribution in [3.63, 3.8) is 0 Å². The number of ether oxygens (including phenoxy) is 1. The smallest absolute Gasteiger partial charge is 0.150 e. The molecule has 0 amide bonds. The Balaban J connectivity index is 2.23. The summed E-state index contributed by atoms with van der Waals surface area (Å²) in [5.74, 6) is 0.758. The summed E-state index contributed by atoms with van der Waals surface area (Å²) in [6.45, 7) is 0. The summed E-state index contributed by atoms with van der Waals surface area (Å²) in [5.41, 5.74) is 3.64. The van der Waals surface area contributed by atoms with Gasteiger partial charge in [0.1, 0.15) is 17.6 Å². The van der Waals surface area contributed by atoms with E-state index in [-0.39, 0.29) is 0 Å². The summed E-state index contributed by atoms with van der Waals surface area (Å²) in [6, 6.07) is 15.4. The zero-order chi connectivity index (χ0) is 13.9. The van der Waals surface area contributed by atoms with Crippen LogP contribution in [-0.2, 0) is 0 Å². The first-order chi connectivity index (χ1) is 9.83. The van der Waals surface area contributed by atoms with E-state index >= 15 is 0 Å². The Morgan fingerprint density at radius 2 is 1.85 bits per heavy atom. The Hall–Kier alpha value is -2.68. The lowest BCUT2D eigenvalue weighted by molar-refractivity contribution is 0.112. The molecule has 0 radical (unpaired) electrons. The highest BCUT2D eigenvalue weighted by Crippen LogP contribution is 2.32. The fraction of sp³-hybridized carbons (Fsp3) is 0.0588. The van der Waals surface area contributed by atoms with Gasteiger partial charge in [0.15, 0.2) is 0 Å². The van der Waals surface area contributed by atoms with Crippen LogP contribution < -0.4 is 4.74 Å². The molecule has 20 heavy (non-hydrogen) atoms. The van der Waals surface area contributed by atoms with Crippen molar-refractivity contribution in [2.75, 3.05) is 7.11 Å². The van der Waals surface area contributed by atoms with Crippen molar-refractivity contribution in [2.45, 2.75) is 0 Å². The zero-order valence-corrected chi connectivity index (χ0v) is 11.0. The predicted molar refractivity (Wildman–Crippen MR) is 79.1 cm³/mol. The zero-order valence-electron chi connectivity index (χ0n) is 11.0. The number of nitrogens with zero attached hydrogens (tertiary/aromatic N) is 1. The van der Waals surface area contributed by atoms with Crippen LogP contribution in [0.1, 0.15) is 10.4 Å². The second-order valence-electron chi connectivity index (χ2n) is 4.45. The van der Waals surface area contributed by atoms with Gasteiger partial charge in [-0.1, -0.05) is 30.3 Å². The van der Waals surface area contributed by atoms with E-state index in [9.17, 15) is 4.79 Å². The molecule has 0 aliphatic heterocycles. The van der Waals surface area contributed by atoms with Gasteiger partial charge in [-0.2, -0.15) is 0 Å². The number of hydrogen-bond acceptors (Lipinski definition) is 3. The van der Waals surface area contributed by atoms with Crippen LogP contribution in [0.2, 0.25) is 0 Å². The molecule has 0 spiro atoms. The molecule has 0 aliphatic rings. The van der Waals surface area contributed by atoms with E-state index in [1.54, 1.807) is 13.3 Å². The number of aldehydes is 1. The standard InChI is InChI=1S/C17H13NO2/c1-20-16-9-8-14(15-3-2-10-18-17(15)16)13-6-4-12(11-19)5-7-13/h2-11H,1H3. The summed E-state index contributed by atoms with van der Waals surface area (Å²) in [4.78, 5) is 15.1. The average Bonchev–Trinajstić information content (AvgIpc) is 2.54. The van der Waals surface area contributed by atoms with Crippen molar-refractivity contribution >= 4 is 17.2 Å². The van der Waals surface area contributed by atoms with Gasteiger partial charge in [-0.25, -0.2) is 0 Å². The Labute approximate surface area is 116 Å². The summed E-state index contributed by atoms with van der Waals surface area (Å²) in [5, 5.41) is 1.03. The maximum absolute atomic E-state index is 10.7. The summed E-state index contributed by atoms with van der Waals surface area (Å²) in [6.07, 6.45) is 2.60. The van der Waals surface area contributed by atoms with E-state index in [1.807, 2.05) is 48.5 Å². The molecule has 0 unspecified atom stereocenters. The van der Waals surface area contributed by atoms with Crippen LogP contribution in [0.25, 0.3) is 22.0 Å². The molecule has 0 atom stereocenters. The fourth-order valence-corrected chi connectivity index (χ4v) is 2.30. The van der Waals surface area contributed by atoms with E-state index in [2.05, 4.69) is 4.98 Å². The predicted octanol–water partition coefficient (Wildman–Crippen LogP) is 3.72. The van der Waals surface area contributed by atoms with Crippen LogP contribution >= 0.6 is 0 Å². The Kier molecular flexibility index (Phi) is 3.17. The number of pyridine rings is 1. The van der Waals surface area contributed by atoms with E-state index in [0.29, 0.717) is 5.56 Å². The molecule has 0 N–H and O–H groups in total. The van der Waals surface area contributed by atoms with E-state index < -0.39 is 0 Å². The van der Waals surface area contributed by atoms with Gasteiger partial charge in [-0.05, 0) is 29.3 Å². The van der Waals surface area contributed by atoms with Crippen molar-refractivity contribution in [3.8, 4) is 16.9 Å². The second-order valence-corrected chi connectivity index (χ2v) is 4.45. The number of carbonyl (C=O) groups is 1. The third kappa shape index (κ3) is 2.03. The molecule has 3 aromatic rings. The largest absolute Gasteiger partial charge is 0.494 e. The third-order valence-electron chi connectivity index (χ3n) is 3.31. The van der Waals surface area contributed by atoms with Gasteiger partial charge in [-0.15, -0.1) is 0 Å². The molecular formula is C17H13NO2. The van der Waals surface area contributed by atoms with Crippen molar-refractivity contribution < 1.29 is 9.53 Å². The normalized spacial score (nSPS) is 10.4. The minimum Gasteiger partial charge on any atom is -0.494 e. The molecule has 0 fully saturated rings. The quantitative estimate of drug-likeness (QED) is 0.676. The lowest BCUT2D eigenvalue weighted by Crippen LogP contribution is -1.90. The fourth-order valence-electron chi connectivity index (χ4n) is 2.30. The molecular weight excluding hydrogens is 250 g/mol. The van der Waals surface area contributed by atoms with Gasteiger partial charge in [0.2, 0.25) is 0 Å². The van der Waals surface area contributed by atoms with Crippen molar-refractivity contribution in [1.29, 1.82) is 0 Å². The number of aromatic nitrogens is 1. The first-order valence-electron chi connectivity index (χ1n) is 6.31. The number of hydrogen-bond donors (Lipinski definition) is 0. The highest BCUT2D eigenvalue weighted by molar-refractivity contribution is 5.98. The molecule has 98 valence electrons. The number of methoxy groups -OCH3 is 1. The molecule has 0 aliphatic carbocycles. The van der Waals surface area contributed by atoms with E-state index in [0.717, 1.165) is 34.1 Å². The van der Waals surface area contributed by atoms with Crippen LogP contribution in [0.3, 0.4) is 0 Å². The SMILES string of the molecule is COc1ccc(-c2ccc(C=O)cc2)c2cccnc12. The minimum atomic E-state index is 0.671. The summed E-state index contributed by atoms with van der Waals surface area (Å²) < 4.78 is 5.35. The third-order valence-corrected chi connectivity index (χ3v) is 3.31. The average molecular weight is 263 g/mol. The van der Waals surface area contributed by atoms with E-state index in [4.69, 9.17) is 4.74 Å². The van der Waals surface area contributed by atoms with Gasteiger partial charge in [0.25, 0.3) is 0 Å². The first kappa shape index (κ1) is 12.4. The second kappa shape index (κ2) is 5.13. The molecule has 0 saturated carbocycles. The highest BCUT2D eigenvalue weighted by atomic mass is 16.5. The van der Waals surface area contributed by atoms with Gasteiger partial charge in [0.05, 0.1) is 7.11 Å². The molecule has 1 aromatic heterocycles. The van der Waals surface area contributed by atoms with Crippen LogP contribution in [0.4, 0.5) is 0 Å². The van der Waals surface area contributed by atoms with Crippen molar-refractivity contribution in [2.24, 2.45) is 0 Å². The van der Waals surface area contributed by atoms with Gasteiger partial charge >= 0.3 is 0 Å². The number of carbonyl (C=O) groups excluding carboxylic acids is 1. The highest BCUT2D eigenvalue weighted by Gasteiger charge is 2.08. The molecule has 0 bridgehead atoms. The lowest BCUT2D eigenvalue weighted by Gasteiger charge is -2.10. The first-order valence-corrected chi connectivity index (χ1v) is 6.31. The van der Waals surface area contributed by atoms with Gasteiger partial charge in [0, 0.05) is 17.1 Å². The number of fused-ring (bicyclic) bond motifs is 1. The molecule has 2 aromatic carbocycles. The number of benzene rings is 2. The Morgan fingerprint density at radius 1 is 1.05 bits per heavy atom. The van der Waals surface area contributed by atoms with E-state index in [1.165, 1.54) is 0 Å². The molecule has 0 saturated heterocycles. The summed E-state index contributed by atoms with van der Waals surface area (Å²) >= 11 is 0. The molecule has 3 nitrogen and oxygen atoms in total. The van der Waals surface area contributed by atoms with Crippen LogP contribution in [0, 0.1) is 0 Å². The Bertz CT molecular complexity index is 764. The van der Waals surface area contributed by atoms with Crippen molar-refractivity contribution in [1.82, 2.24) is 4.98 Å². The molecule has 3 heteroatoms. The molecule has 1 heterocycles. The topological polar surface area (TPSA) is 39.2 Å². The van der Waals surface area contributed by atoms with Crippen LogP contribution in [0.15, 0.2) is 54.7 Å². The maximum atomic E-state index is 10.7. The maximum Gasteiger partial charge on any atom is 0.150 e. The monoisotopic (exact) mass is 263 g/mol. The summed E-state index contributed by atoms with van der Waals surface area (Å²) in [7, 11) is 1.64. The van der Waals surface area contributed by atoms with Crippen LogP contribution in [-0.4, -0.2) is 18.4 Å². The molecule has 3 rings (SSSR count). The number of rotatable bonds is 3. The minimum absolute atomic E-state index is 0.671.